The van der Waals surface area contributed by atoms with Crippen LogP contribution in [0, 0.1) is 0 Å². The molecule has 1 fully saturated rings. The van der Waals surface area contributed by atoms with Crippen LogP contribution in [0.25, 0.3) is 6.08 Å². The number of nitrogens with one attached hydrogen (secondary N) is 1. The maximum Gasteiger partial charge on any atom is 0.274 e. The van der Waals surface area contributed by atoms with Crippen molar-refractivity contribution in [1.29, 1.82) is 0 Å². The Morgan fingerprint density at radius 1 is 1.52 bits per heavy atom. The average molecular weight is 302 g/mol. The average Bonchev–Trinajstić information content (AvgIpc) is 2.71. The van der Waals surface area contributed by atoms with Gasteiger partial charge in [0.25, 0.3) is 5.91 Å². The van der Waals surface area contributed by atoms with Gasteiger partial charge in [-0.2, -0.15) is 0 Å². The molecular formula is C15H14N2O3S. The Balaban J connectivity index is 2.33. The predicted octanol–water partition coefficient (Wildman–Crippen LogP) is 1.86. The molecule has 1 aliphatic rings. The molecule has 1 saturated heterocycles. The zero-order chi connectivity index (χ0) is 15.4. The molecule has 1 aromatic carbocycles. The second kappa shape index (κ2) is 6.32. The third-order valence-corrected chi connectivity index (χ3v) is 3.03. The van der Waals surface area contributed by atoms with Gasteiger partial charge in [0.15, 0.2) is 5.11 Å². The second-order valence-corrected chi connectivity index (χ2v) is 4.70. The number of amides is 2. The zero-order valence-corrected chi connectivity index (χ0v) is 12.3. The smallest absolute Gasteiger partial charge is 0.274 e. The van der Waals surface area contributed by atoms with Crippen LogP contribution in [0.4, 0.5) is 0 Å². The molecule has 1 N–H and O–H groups in total. The van der Waals surface area contributed by atoms with Crippen LogP contribution in [-0.2, 0) is 9.59 Å². The summed E-state index contributed by atoms with van der Waals surface area (Å²) in [4.78, 5) is 24.6. The van der Waals surface area contributed by atoms with Gasteiger partial charge in [0.2, 0.25) is 5.91 Å². The Bertz CT molecular complexity index is 652. The summed E-state index contributed by atoms with van der Waals surface area (Å²) in [5, 5.41) is 2.55. The van der Waals surface area contributed by atoms with Crippen LogP contribution in [0.15, 0.2) is 42.6 Å². The van der Waals surface area contributed by atoms with Crippen molar-refractivity contribution in [3.8, 4) is 5.75 Å². The van der Waals surface area contributed by atoms with Gasteiger partial charge in [-0.3, -0.25) is 19.8 Å². The summed E-state index contributed by atoms with van der Waals surface area (Å²) in [6, 6.07) is 7.17. The molecule has 0 spiro atoms. The Morgan fingerprint density at radius 2 is 2.29 bits per heavy atom. The minimum Gasteiger partial charge on any atom is -0.490 e. The molecule has 2 rings (SSSR count). The molecule has 0 unspecified atom stereocenters. The monoisotopic (exact) mass is 302 g/mol. The molecule has 21 heavy (non-hydrogen) atoms. The van der Waals surface area contributed by atoms with Gasteiger partial charge in [0.05, 0.1) is 0 Å². The van der Waals surface area contributed by atoms with Crippen LogP contribution in [0.3, 0.4) is 0 Å². The number of carbonyl (C=O) groups excluding carboxylic acids is 2. The molecule has 0 saturated carbocycles. The van der Waals surface area contributed by atoms with E-state index < -0.39 is 5.91 Å². The molecule has 108 valence electrons. The van der Waals surface area contributed by atoms with E-state index in [1.54, 1.807) is 36.4 Å². The van der Waals surface area contributed by atoms with E-state index in [1.165, 1.54) is 11.8 Å². The first-order valence-electron chi connectivity index (χ1n) is 6.24. The normalized spacial score (nSPS) is 16.0. The number of benzene rings is 1. The van der Waals surface area contributed by atoms with Gasteiger partial charge in [-0.1, -0.05) is 24.8 Å². The van der Waals surface area contributed by atoms with E-state index in [2.05, 4.69) is 11.9 Å². The fourth-order valence-corrected chi connectivity index (χ4v) is 2.20. The Morgan fingerprint density at radius 3 is 2.95 bits per heavy atom. The Hall–Kier alpha value is -2.47. The van der Waals surface area contributed by atoms with E-state index in [0.29, 0.717) is 12.4 Å². The fraction of sp³-hybridized carbons (Fsp3) is 0.133. The fourth-order valence-electron chi connectivity index (χ4n) is 1.88. The third kappa shape index (κ3) is 3.35. The van der Waals surface area contributed by atoms with Crippen LogP contribution in [-0.4, -0.2) is 28.4 Å². The van der Waals surface area contributed by atoms with Crippen molar-refractivity contribution in [2.45, 2.75) is 6.92 Å². The van der Waals surface area contributed by atoms with Crippen molar-refractivity contribution in [3.63, 3.8) is 0 Å². The van der Waals surface area contributed by atoms with Crippen molar-refractivity contribution in [2.75, 3.05) is 6.61 Å². The number of rotatable bonds is 4. The van der Waals surface area contributed by atoms with Crippen molar-refractivity contribution in [1.82, 2.24) is 10.2 Å². The van der Waals surface area contributed by atoms with E-state index in [9.17, 15) is 9.59 Å². The van der Waals surface area contributed by atoms with Gasteiger partial charge >= 0.3 is 0 Å². The van der Waals surface area contributed by atoms with E-state index >= 15 is 0 Å². The maximum atomic E-state index is 11.9. The lowest BCUT2D eigenvalue weighted by atomic mass is 10.1. The van der Waals surface area contributed by atoms with Crippen LogP contribution in [0.5, 0.6) is 5.75 Å². The summed E-state index contributed by atoms with van der Waals surface area (Å²) >= 11 is 4.97. The molecule has 1 heterocycles. The maximum absolute atomic E-state index is 11.9. The van der Waals surface area contributed by atoms with Crippen LogP contribution < -0.4 is 10.1 Å². The highest BCUT2D eigenvalue weighted by Gasteiger charge is 2.32. The van der Waals surface area contributed by atoms with Gasteiger partial charge in [-0.05, 0) is 36.0 Å². The quantitative estimate of drug-likeness (QED) is 0.524. The minimum atomic E-state index is -0.396. The highest BCUT2D eigenvalue weighted by Crippen LogP contribution is 2.20. The van der Waals surface area contributed by atoms with Crippen molar-refractivity contribution >= 4 is 35.2 Å². The van der Waals surface area contributed by atoms with E-state index in [0.717, 1.165) is 5.56 Å². The van der Waals surface area contributed by atoms with E-state index in [1.807, 2.05) is 0 Å². The second-order valence-electron chi connectivity index (χ2n) is 4.32. The molecular weight excluding hydrogens is 288 g/mol. The number of hydrogen-bond donors (Lipinski definition) is 1. The molecule has 6 heteroatoms. The summed E-state index contributed by atoms with van der Waals surface area (Å²) in [6.07, 6.45) is 3.24. The molecule has 0 atom stereocenters. The molecule has 0 radical (unpaired) electrons. The summed E-state index contributed by atoms with van der Waals surface area (Å²) in [5.74, 6) is -0.0594. The SMILES string of the molecule is C=CCOc1cccc(C=C2C(=O)NC(=S)N2C(C)=O)c1. The first kappa shape index (κ1) is 14.9. The topological polar surface area (TPSA) is 58.6 Å². The van der Waals surface area contributed by atoms with E-state index in [4.69, 9.17) is 17.0 Å². The lowest BCUT2D eigenvalue weighted by molar-refractivity contribution is -0.125. The van der Waals surface area contributed by atoms with Crippen molar-refractivity contribution < 1.29 is 14.3 Å². The van der Waals surface area contributed by atoms with Gasteiger partial charge in [0, 0.05) is 6.92 Å². The first-order chi connectivity index (χ1) is 10.0. The molecule has 1 aliphatic heterocycles. The molecule has 0 aromatic heterocycles. The van der Waals surface area contributed by atoms with Crippen LogP contribution >= 0.6 is 12.2 Å². The highest BCUT2D eigenvalue weighted by molar-refractivity contribution is 7.80. The van der Waals surface area contributed by atoms with Gasteiger partial charge in [-0.25, -0.2) is 0 Å². The van der Waals surface area contributed by atoms with Crippen LogP contribution in [0.2, 0.25) is 0 Å². The Kier molecular flexibility index (Phi) is 4.49. The first-order valence-corrected chi connectivity index (χ1v) is 6.65. The van der Waals surface area contributed by atoms with Crippen molar-refractivity contribution in [2.24, 2.45) is 0 Å². The molecule has 5 nitrogen and oxygen atoms in total. The summed E-state index contributed by atoms with van der Waals surface area (Å²) in [5.41, 5.74) is 0.936. The van der Waals surface area contributed by atoms with Crippen molar-refractivity contribution in [3.05, 3.63) is 48.2 Å². The largest absolute Gasteiger partial charge is 0.490 e. The van der Waals surface area contributed by atoms with Gasteiger partial charge in [0.1, 0.15) is 18.1 Å². The number of hydrogen-bond acceptors (Lipinski definition) is 4. The van der Waals surface area contributed by atoms with Gasteiger partial charge < -0.3 is 4.74 Å². The number of ether oxygens (including phenoxy) is 1. The lowest BCUT2D eigenvalue weighted by Crippen LogP contribution is -2.31. The summed E-state index contributed by atoms with van der Waals surface area (Å²) < 4.78 is 5.43. The summed E-state index contributed by atoms with van der Waals surface area (Å²) in [7, 11) is 0. The number of nitrogens with zero attached hydrogens (tertiary/aromatic N) is 1. The molecule has 0 aliphatic carbocycles. The molecule has 2 amide bonds. The summed E-state index contributed by atoms with van der Waals surface area (Å²) in [6.45, 7) is 5.32. The third-order valence-electron chi connectivity index (χ3n) is 2.74. The highest BCUT2D eigenvalue weighted by atomic mass is 32.1. The zero-order valence-electron chi connectivity index (χ0n) is 11.5. The Labute approximate surface area is 127 Å². The predicted molar refractivity (Wildman–Crippen MR) is 83.4 cm³/mol. The lowest BCUT2D eigenvalue weighted by Gasteiger charge is -2.12. The van der Waals surface area contributed by atoms with E-state index in [-0.39, 0.29) is 16.7 Å². The standard InChI is InChI=1S/C15H14N2O3S/c1-3-7-20-12-6-4-5-11(8-12)9-13-14(19)16-15(21)17(13)10(2)18/h3-6,8-9H,1,7H2,2H3,(H,16,19,21). The minimum absolute atomic E-state index is 0.0952. The molecule has 0 bridgehead atoms. The molecule has 1 aromatic rings. The van der Waals surface area contributed by atoms with Crippen LogP contribution in [0.1, 0.15) is 12.5 Å². The number of thiocarbonyl (C=S) groups is 1. The van der Waals surface area contributed by atoms with Gasteiger partial charge in [-0.15, -0.1) is 0 Å². The number of carbonyl (C=O) groups is 2.